The summed E-state index contributed by atoms with van der Waals surface area (Å²) < 4.78 is 4.77. The predicted molar refractivity (Wildman–Crippen MR) is 152 cm³/mol. The van der Waals surface area contributed by atoms with Crippen molar-refractivity contribution in [3.63, 3.8) is 0 Å². The molecule has 0 spiro atoms. The molecule has 0 bridgehead atoms. The maximum Gasteiger partial charge on any atom is 0.319 e. The fourth-order valence-electron chi connectivity index (χ4n) is 5.03. The third-order valence-electron chi connectivity index (χ3n) is 7.42. The fourth-order valence-corrected chi connectivity index (χ4v) is 5.03. The molecule has 0 atom stereocenters. The highest BCUT2D eigenvalue weighted by Crippen LogP contribution is 2.26. The van der Waals surface area contributed by atoms with Crippen LogP contribution in [-0.4, -0.2) is 99.6 Å². The molecular formula is C30H35N5O3. The summed E-state index contributed by atoms with van der Waals surface area (Å²) in [6.45, 7) is 7.38. The highest BCUT2D eigenvalue weighted by molar-refractivity contribution is 6.07. The minimum atomic E-state index is -0.204. The number of anilines is 2. The minimum Gasteiger partial charge on any atom is -0.468 e. The van der Waals surface area contributed by atoms with Crippen molar-refractivity contribution in [2.24, 2.45) is 0 Å². The summed E-state index contributed by atoms with van der Waals surface area (Å²) in [5, 5.41) is 1.06. The van der Waals surface area contributed by atoms with E-state index in [2.05, 4.69) is 38.8 Å². The van der Waals surface area contributed by atoms with Crippen molar-refractivity contribution in [2.75, 3.05) is 82.9 Å². The van der Waals surface area contributed by atoms with Gasteiger partial charge in [-0.25, -0.2) is 4.98 Å². The van der Waals surface area contributed by atoms with Crippen molar-refractivity contribution in [1.29, 1.82) is 0 Å². The maximum atomic E-state index is 13.1. The molecule has 8 heteroatoms. The Bertz CT molecular complexity index is 1310. The van der Waals surface area contributed by atoms with Crippen LogP contribution < -0.4 is 9.80 Å². The Morgan fingerprint density at radius 1 is 0.895 bits per heavy atom. The van der Waals surface area contributed by atoms with Gasteiger partial charge >= 0.3 is 5.97 Å². The summed E-state index contributed by atoms with van der Waals surface area (Å²) in [5.41, 5.74) is 3.67. The van der Waals surface area contributed by atoms with Gasteiger partial charge in [0.2, 0.25) is 0 Å². The van der Waals surface area contributed by atoms with E-state index in [-0.39, 0.29) is 11.8 Å². The number of carbonyl (C=O) groups is 2. The number of ether oxygens (including phenoxy) is 1. The number of piperazine rings is 2. The van der Waals surface area contributed by atoms with Crippen LogP contribution in [0.2, 0.25) is 0 Å². The third-order valence-corrected chi connectivity index (χ3v) is 7.42. The first kappa shape index (κ1) is 25.9. The molecule has 3 heterocycles. The molecule has 0 radical (unpaired) electrons. The third kappa shape index (κ3) is 6.03. The number of rotatable bonds is 7. The first-order valence-corrected chi connectivity index (χ1v) is 13.2. The van der Waals surface area contributed by atoms with Gasteiger partial charge in [0.15, 0.2) is 5.78 Å². The summed E-state index contributed by atoms with van der Waals surface area (Å²) in [7, 11) is 3.56. The van der Waals surface area contributed by atoms with Gasteiger partial charge in [-0.15, -0.1) is 0 Å². The number of likely N-dealkylation sites (N-methyl/N-ethyl adjacent to an activating group) is 1. The Labute approximate surface area is 224 Å². The summed E-state index contributed by atoms with van der Waals surface area (Å²) in [5.74, 6) is 0.698. The Balaban J connectivity index is 1.28. The number of nitrogens with zero attached hydrogens (tertiary/aromatic N) is 5. The van der Waals surface area contributed by atoms with Crippen molar-refractivity contribution in [2.45, 2.75) is 0 Å². The van der Waals surface area contributed by atoms with Crippen LogP contribution in [0.3, 0.4) is 0 Å². The summed E-state index contributed by atoms with van der Waals surface area (Å²) in [6.07, 6.45) is 3.57. The molecule has 2 aromatic carbocycles. The van der Waals surface area contributed by atoms with Crippen molar-refractivity contribution in [1.82, 2.24) is 14.8 Å². The van der Waals surface area contributed by atoms with Gasteiger partial charge in [0.1, 0.15) is 5.82 Å². The van der Waals surface area contributed by atoms with E-state index in [1.807, 2.05) is 48.5 Å². The highest BCUT2D eigenvalue weighted by Gasteiger charge is 2.20. The van der Waals surface area contributed by atoms with Gasteiger partial charge in [0.25, 0.3) is 0 Å². The smallest absolute Gasteiger partial charge is 0.319 e. The van der Waals surface area contributed by atoms with Gasteiger partial charge in [0.05, 0.1) is 19.2 Å². The van der Waals surface area contributed by atoms with E-state index in [1.165, 1.54) is 7.11 Å². The van der Waals surface area contributed by atoms with Crippen LogP contribution in [0.5, 0.6) is 0 Å². The van der Waals surface area contributed by atoms with Crippen LogP contribution in [0, 0.1) is 0 Å². The number of ketones is 1. The van der Waals surface area contributed by atoms with E-state index in [9.17, 15) is 9.59 Å². The van der Waals surface area contributed by atoms with Crippen LogP contribution in [0.15, 0.2) is 60.7 Å². The van der Waals surface area contributed by atoms with Gasteiger partial charge in [-0.1, -0.05) is 18.2 Å². The number of allylic oxidation sites excluding steroid dienone is 1. The van der Waals surface area contributed by atoms with Crippen LogP contribution in [-0.2, 0) is 9.53 Å². The van der Waals surface area contributed by atoms with Gasteiger partial charge in [-0.3, -0.25) is 14.5 Å². The Kier molecular flexibility index (Phi) is 8.00. The monoisotopic (exact) mass is 513 g/mol. The molecule has 0 aliphatic carbocycles. The number of pyridine rings is 1. The molecule has 3 aromatic rings. The summed E-state index contributed by atoms with van der Waals surface area (Å²) >= 11 is 0. The number of esters is 1. The molecule has 2 aliphatic rings. The average molecular weight is 514 g/mol. The molecule has 0 amide bonds. The number of benzene rings is 2. The lowest BCUT2D eigenvalue weighted by atomic mass is 10.1. The number of hydrogen-bond donors (Lipinski definition) is 0. The zero-order valence-electron chi connectivity index (χ0n) is 22.2. The minimum absolute atomic E-state index is 0.0306. The normalized spacial score (nSPS) is 17.3. The van der Waals surface area contributed by atoms with Crippen LogP contribution in [0.25, 0.3) is 17.0 Å². The van der Waals surface area contributed by atoms with Gasteiger partial charge in [-0.2, -0.15) is 0 Å². The lowest BCUT2D eigenvalue weighted by molar-refractivity contribution is -0.142. The lowest BCUT2D eigenvalue weighted by Crippen LogP contribution is -2.48. The largest absolute Gasteiger partial charge is 0.468 e. The quantitative estimate of drug-likeness (QED) is 0.271. The standard InChI is InChI=1S/C30H35N5O3/c1-32-13-17-35(18-14-32)30-25(21-24-5-3-4-6-27(24)31-30)9-12-28(36)23-7-10-26(11-8-23)34-19-15-33(16-20-34)22-29(37)38-2/h3-12,21H,13-20,22H2,1-2H3/b12-9+. The highest BCUT2D eigenvalue weighted by atomic mass is 16.5. The molecule has 0 unspecified atom stereocenters. The first-order chi connectivity index (χ1) is 18.5. The van der Waals surface area contributed by atoms with Gasteiger partial charge in [0, 0.05) is 74.6 Å². The first-order valence-electron chi connectivity index (χ1n) is 13.2. The molecule has 198 valence electrons. The number of para-hydroxylation sites is 1. The van der Waals surface area contributed by atoms with Crippen molar-refractivity contribution in [3.05, 3.63) is 71.8 Å². The number of methoxy groups -OCH3 is 1. The Morgan fingerprint density at radius 3 is 2.29 bits per heavy atom. The molecule has 0 saturated carbocycles. The Hall–Kier alpha value is -3.75. The predicted octanol–water partition coefficient (Wildman–Crippen LogP) is 3.18. The molecular weight excluding hydrogens is 478 g/mol. The molecule has 5 rings (SSSR count). The number of hydrogen-bond acceptors (Lipinski definition) is 8. The topological polar surface area (TPSA) is 69.2 Å². The van der Waals surface area contributed by atoms with E-state index < -0.39 is 0 Å². The second kappa shape index (κ2) is 11.8. The van der Waals surface area contributed by atoms with Gasteiger partial charge < -0.3 is 19.4 Å². The Morgan fingerprint density at radius 2 is 1.58 bits per heavy atom. The van der Waals surface area contributed by atoms with Crippen molar-refractivity contribution < 1.29 is 14.3 Å². The van der Waals surface area contributed by atoms with E-state index in [0.29, 0.717) is 12.1 Å². The lowest BCUT2D eigenvalue weighted by Gasteiger charge is -2.35. The van der Waals surface area contributed by atoms with Crippen LogP contribution in [0.4, 0.5) is 11.5 Å². The van der Waals surface area contributed by atoms with Crippen LogP contribution >= 0.6 is 0 Å². The molecule has 2 fully saturated rings. The van der Waals surface area contributed by atoms with Crippen molar-refractivity contribution in [3.8, 4) is 0 Å². The number of aromatic nitrogens is 1. The molecule has 2 saturated heterocycles. The van der Waals surface area contributed by atoms with Gasteiger partial charge in [-0.05, 0) is 55.6 Å². The molecule has 0 N–H and O–H groups in total. The second-order valence-corrected chi connectivity index (χ2v) is 9.97. The van der Waals surface area contributed by atoms with E-state index in [1.54, 1.807) is 6.08 Å². The zero-order chi connectivity index (χ0) is 26.5. The maximum absolute atomic E-state index is 13.1. The number of fused-ring (bicyclic) bond motifs is 1. The van der Waals surface area contributed by atoms with E-state index >= 15 is 0 Å². The van der Waals surface area contributed by atoms with Crippen molar-refractivity contribution >= 4 is 40.2 Å². The average Bonchev–Trinajstić information content (AvgIpc) is 2.96. The zero-order valence-corrected chi connectivity index (χ0v) is 22.2. The number of carbonyl (C=O) groups excluding carboxylic acids is 2. The molecule has 2 aliphatic heterocycles. The fraction of sp³-hybridized carbons (Fsp3) is 0.367. The van der Waals surface area contributed by atoms with E-state index in [0.717, 1.165) is 80.3 Å². The van der Waals surface area contributed by atoms with E-state index in [4.69, 9.17) is 9.72 Å². The summed E-state index contributed by atoms with van der Waals surface area (Å²) in [6, 6.07) is 18.0. The molecule has 1 aromatic heterocycles. The summed E-state index contributed by atoms with van der Waals surface area (Å²) in [4.78, 5) is 38.6. The molecule has 38 heavy (non-hydrogen) atoms. The molecule has 8 nitrogen and oxygen atoms in total. The van der Waals surface area contributed by atoms with Crippen LogP contribution in [0.1, 0.15) is 15.9 Å². The SMILES string of the molecule is COC(=O)CN1CCN(c2ccc(C(=O)/C=C/c3cc4ccccc4nc3N3CCN(C)CC3)cc2)CC1. The second-order valence-electron chi connectivity index (χ2n) is 9.97.